The minimum Gasteiger partial charge on any atom is -0.375 e. The molecule has 0 atom stereocenters. The van der Waals surface area contributed by atoms with Crippen molar-refractivity contribution in [3.63, 3.8) is 0 Å². The Morgan fingerprint density at radius 3 is 2.42 bits per heavy atom. The summed E-state index contributed by atoms with van der Waals surface area (Å²) >= 11 is 1.34. The van der Waals surface area contributed by atoms with Crippen LogP contribution in [0.15, 0.2) is 83.0 Å². The SMILES string of the molecule is Nc1nc(-c2ccccc2)c(N=Nc2cccc3ccccc23)s1. The van der Waals surface area contributed by atoms with E-state index in [9.17, 15) is 0 Å². The number of nitrogens with two attached hydrogens (primary N) is 1. The van der Waals surface area contributed by atoms with Crippen LogP contribution in [0.1, 0.15) is 0 Å². The lowest BCUT2D eigenvalue weighted by molar-refractivity contribution is 1.25. The Labute approximate surface area is 143 Å². The molecule has 0 fully saturated rings. The molecule has 0 bridgehead atoms. The van der Waals surface area contributed by atoms with Crippen molar-refractivity contribution in [2.24, 2.45) is 10.2 Å². The van der Waals surface area contributed by atoms with Crippen molar-refractivity contribution in [2.45, 2.75) is 0 Å². The van der Waals surface area contributed by atoms with Crippen molar-refractivity contribution in [3.05, 3.63) is 72.8 Å². The quantitative estimate of drug-likeness (QED) is 0.471. The second-order valence-corrected chi connectivity index (χ2v) is 6.28. The van der Waals surface area contributed by atoms with Gasteiger partial charge in [0.25, 0.3) is 0 Å². The molecule has 24 heavy (non-hydrogen) atoms. The number of azo groups is 1. The molecule has 0 aliphatic rings. The van der Waals surface area contributed by atoms with E-state index in [-0.39, 0.29) is 0 Å². The number of nitrogens with zero attached hydrogens (tertiary/aromatic N) is 3. The number of anilines is 1. The highest BCUT2D eigenvalue weighted by molar-refractivity contribution is 7.19. The number of rotatable bonds is 3. The molecule has 0 amide bonds. The Morgan fingerprint density at radius 2 is 1.54 bits per heavy atom. The van der Waals surface area contributed by atoms with E-state index in [0.717, 1.165) is 27.7 Å². The molecule has 4 aromatic rings. The van der Waals surface area contributed by atoms with Gasteiger partial charge in [0, 0.05) is 10.9 Å². The molecule has 1 heterocycles. The Hall–Kier alpha value is -3.05. The number of thiazole rings is 1. The average Bonchev–Trinajstić information content (AvgIpc) is 3.01. The summed E-state index contributed by atoms with van der Waals surface area (Å²) < 4.78 is 0. The summed E-state index contributed by atoms with van der Waals surface area (Å²) in [6, 6.07) is 24.0. The van der Waals surface area contributed by atoms with Crippen molar-refractivity contribution >= 4 is 37.9 Å². The van der Waals surface area contributed by atoms with Gasteiger partial charge in [0.2, 0.25) is 0 Å². The average molecular weight is 330 g/mol. The smallest absolute Gasteiger partial charge is 0.182 e. The Balaban J connectivity index is 1.77. The molecule has 0 saturated carbocycles. The Morgan fingerprint density at radius 1 is 0.792 bits per heavy atom. The maximum absolute atomic E-state index is 5.88. The molecule has 0 aliphatic carbocycles. The molecule has 2 N–H and O–H groups in total. The highest BCUT2D eigenvalue weighted by Crippen LogP contribution is 2.38. The summed E-state index contributed by atoms with van der Waals surface area (Å²) in [7, 11) is 0. The molecule has 0 aliphatic heterocycles. The van der Waals surface area contributed by atoms with E-state index >= 15 is 0 Å². The van der Waals surface area contributed by atoms with Gasteiger partial charge < -0.3 is 5.73 Å². The number of benzene rings is 3. The number of fused-ring (bicyclic) bond motifs is 1. The first kappa shape index (κ1) is 14.5. The molecule has 0 spiro atoms. The predicted octanol–water partition coefficient (Wildman–Crippen LogP) is 5.96. The molecule has 4 nitrogen and oxygen atoms in total. The van der Waals surface area contributed by atoms with E-state index in [1.165, 1.54) is 11.3 Å². The second kappa shape index (κ2) is 6.22. The van der Waals surface area contributed by atoms with Crippen molar-refractivity contribution in [1.29, 1.82) is 0 Å². The first-order chi connectivity index (χ1) is 11.8. The van der Waals surface area contributed by atoms with Gasteiger partial charge in [-0.1, -0.05) is 78.1 Å². The van der Waals surface area contributed by atoms with Crippen molar-refractivity contribution < 1.29 is 0 Å². The first-order valence-electron chi connectivity index (χ1n) is 7.52. The van der Waals surface area contributed by atoms with Gasteiger partial charge in [0.15, 0.2) is 10.1 Å². The third-order valence-corrected chi connectivity index (χ3v) is 4.46. The molecule has 0 radical (unpaired) electrons. The van der Waals surface area contributed by atoms with E-state index in [1.54, 1.807) is 0 Å². The summed E-state index contributed by atoms with van der Waals surface area (Å²) in [5, 5.41) is 12.3. The van der Waals surface area contributed by atoms with Crippen LogP contribution in [0.4, 0.5) is 15.8 Å². The largest absolute Gasteiger partial charge is 0.375 e. The monoisotopic (exact) mass is 330 g/mol. The van der Waals surface area contributed by atoms with E-state index in [0.29, 0.717) is 10.1 Å². The fourth-order valence-corrected chi connectivity index (χ4v) is 3.25. The number of aromatic nitrogens is 1. The summed E-state index contributed by atoms with van der Waals surface area (Å²) in [6.07, 6.45) is 0. The molecule has 5 heteroatoms. The lowest BCUT2D eigenvalue weighted by Crippen LogP contribution is -1.82. The molecule has 0 saturated heterocycles. The summed E-state index contributed by atoms with van der Waals surface area (Å²) in [4.78, 5) is 4.40. The third-order valence-electron chi connectivity index (χ3n) is 3.69. The van der Waals surface area contributed by atoms with E-state index in [4.69, 9.17) is 5.73 Å². The predicted molar refractivity (Wildman–Crippen MR) is 100 cm³/mol. The summed E-state index contributed by atoms with van der Waals surface area (Å²) in [5.74, 6) is 0. The van der Waals surface area contributed by atoms with Crippen LogP contribution in [0, 0.1) is 0 Å². The van der Waals surface area contributed by atoms with Gasteiger partial charge in [-0.2, -0.15) is 0 Å². The van der Waals surface area contributed by atoms with Crippen molar-refractivity contribution in [1.82, 2.24) is 4.98 Å². The number of hydrogen-bond donors (Lipinski definition) is 1. The third kappa shape index (κ3) is 2.77. The van der Waals surface area contributed by atoms with Crippen LogP contribution < -0.4 is 5.73 Å². The molecular formula is C19H14N4S. The zero-order valence-electron chi connectivity index (χ0n) is 12.8. The topological polar surface area (TPSA) is 63.6 Å². The van der Waals surface area contributed by atoms with Crippen molar-refractivity contribution in [3.8, 4) is 11.3 Å². The minimum atomic E-state index is 0.487. The van der Waals surface area contributed by atoms with Gasteiger partial charge in [-0.25, -0.2) is 4.98 Å². The van der Waals surface area contributed by atoms with Crippen molar-refractivity contribution in [2.75, 3.05) is 5.73 Å². The van der Waals surface area contributed by atoms with Gasteiger partial charge in [-0.05, 0) is 11.5 Å². The maximum Gasteiger partial charge on any atom is 0.182 e. The van der Waals surface area contributed by atoms with Gasteiger partial charge in [0.1, 0.15) is 5.69 Å². The van der Waals surface area contributed by atoms with Gasteiger partial charge >= 0.3 is 0 Å². The normalized spacial score (nSPS) is 11.3. The fraction of sp³-hybridized carbons (Fsp3) is 0. The number of nitrogen functional groups attached to an aromatic ring is 1. The Bertz CT molecular complexity index is 1020. The van der Waals surface area contributed by atoms with Crippen LogP contribution in [0.25, 0.3) is 22.0 Å². The fourth-order valence-electron chi connectivity index (χ4n) is 2.57. The van der Waals surface area contributed by atoms with Crippen LogP contribution in [-0.4, -0.2) is 4.98 Å². The molecule has 4 rings (SSSR count). The Kier molecular flexibility index (Phi) is 3.76. The van der Waals surface area contributed by atoms with E-state index < -0.39 is 0 Å². The summed E-state index contributed by atoms with van der Waals surface area (Å²) in [6.45, 7) is 0. The van der Waals surface area contributed by atoms with Gasteiger partial charge in [-0.3, -0.25) is 0 Å². The van der Waals surface area contributed by atoms with Gasteiger partial charge in [-0.15, -0.1) is 10.2 Å². The lowest BCUT2D eigenvalue weighted by Gasteiger charge is -2.00. The summed E-state index contributed by atoms with van der Waals surface area (Å²) in [5.41, 5.74) is 8.46. The minimum absolute atomic E-state index is 0.487. The molecular weight excluding hydrogens is 316 g/mol. The van der Waals surface area contributed by atoms with Crippen LogP contribution in [0.5, 0.6) is 0 Å². The second-order valence-electron chi connectivity index (χ2n) is 5.27. The molecule has 116 valence electrons. The first-order valence-corrected chi connectivity index (χ1v) is 8.34. The molecule has 3 aromatic carbocycles. The van der Waals surface area contributed by atoms with Crippen LogP contribution in [0.3, 0.4) is 0 Å². The zero-order chi connectivity index (χ0) is 16.4. The van der Waals surface area contributed by atoms with Crippen LogP contribution in [0.2, 0.25) is 0 Å². The van der Waals surface area contributed by atoms with Crippen LogP contribution >= 0.6 is 11.3 Å². The van der Waals surface area contributed by atoms with Gasteiger partial charge in [0.05, 0.1) is 5.69 Å². The highest BCUT2D eigenvalue weighted by Gasteiger charge is 2.11. The number of hydrogen-bond acceptors (Lipinski definition) is 5. The van der Waals surface area contributed by atoms with Crippen LogP contribution in [-0.2, 0) is 0 Å². The molecule has 0 unspecified atom stereocenters. The van der Waals surface area contributed by atoms with E-state index in [1.807, 2.05) is 60.7 Å². The van der Waals surface area contributed by atoms with E-state index in [2.05, 4.69) is 27.3 Å². The maximum atomic E-state index is 5.88. The lowest BCUT2D eigenvalue weighted by atomic mass is 10.1. The molecule has 1 aromatic heterocycles. The standard InChI is InChI=1S/C19H14N4S/c20-19-21-17(14-8-2-1-3-9-14)18(24-19)23-22-16-12-6-10-13-7-4-5-11-15(13)16/h1-12H,(H2,20,21). The zero-order valence-corrected chi connectivity index (χ0v) is 13.6. The highest BCUT2D eigenvalue weighted by atomic mass is 32.1.